The van der Waals surface area contributed by atoms with Crippen LogP contribution in [0, 0.1) is 5.41 Å². The summed E-state index contributed by atoms with van der Waals surface area (Å²) in [7, 11) is 1.25. The van der Waals surface area contributed by atoms with E-state index in [0.29, 0.717) is 0 Å². The summed E-state index contributed by atoms with van der Waals surface area (Å²) >= 11 is 0. The smallest absolute Gasteiger partial charge is 0.410 e. The van der Waals surface area contributed by atoms with Gasteiger partial charge in [0.1, 0.15) is 12.6 Å². The fourth-order valence-electron chi connectivity index (χ4n) is 2.45. The molecule has 8 nitrogen and oxygen atoms in total. The van der Waals surface area contributed by atoms with Crippen molar-refractivity contribution in [3.8, 4) is 0 Å². The second-order valence-electron chi connectivity index (χ2n) is 7.29. The third-order valence-electron chi connectivity index (χ3n) is 4.08. The number of hydrogen-bond acceptors (Lipinski definition) is 7. The third kappa shape index (κ3) is 5.68. The number of piperazine rings is 1. The Hall–Kier alpha value is -2.61. The lowest BCUT2D eigenvalue weighted by Crippen LogP contribution is -2.59. The highest BCUT2D eigenvalue weighted by molar-refractivity contribution is 5.82. The average Bonchev–Trinajstić information content (AvgIpc) is 2.65. The van der Waals surface area contributed by atoms with Gasteiger partial charge in [0.2, 0.25) is 0 Å². The van der Waals surface area contributed by atoms with Crippen molar-refractivity contribution in [2.45, 2.75) is 33.4 Å². The van der Waals surface area contributed by atoms with Crippen LogP contribution in [0.5, 0.6) is 0 Å². The van der Waals surface area contributed by atoms with Crippen molar-refractivity contribution >= 4 is 18.0 Å². The van der Waals surface area contributed by atoms with Gasteiger partial charge >= 0.3 is 18.0 Å². The molecule has 2 rings (SSSR count). The first-order valence-corrected chi connectivity index (χ1v) is 8.75. The summed E-state index contributed by atoms with van der Waals surface area (Å²) in [5.74, 6) is -1.01. The molecule has 0 bridgehead atoms. The van der Waals surface area contributed by atoms with Crippen molar-refractivity contribution in [3.05, 3.63) is 35.9 Å². The molecule has 0 saturated carbocycles. The number of nitrogens with zero attached hydrogens (tertiary/aromatic N) is 2. The molecule has 0 aromatic heterocycles. The lowest BCUT2D eigenvalue weighted by atomic mass is 9.98. The van der Waals surface area contributed by atoms with Crippen LogP contribution in [0.3, 0.4) is 0 Å². The molecular weight excluding hydrogens is 352 g/mol. The largest absolute Gasteiger partial charge is 0.467 e. The van der Waals surface area contributed by atoms with E-state index in [4.69, 9.17) is 14.3 Å². The highest BCUT2D eigenvalue weighted by Crippen LogP contribution is 2.19. The van der Waals surface area contributed by atoms with Gasteiger partial charge in [-0.25, -0.2) is 14.4 Å². The zero-order valence-corrected chi connectivity index (χ0v) is 16.1. The number of hydroxylamine groups is 2. The fraction of sp³-hybridized carbons (Fsp3) is 0.526. The van der Waals surface area contributed by atoms with E-state index in [1.165, 1.54) is 17.1 Å². The summed E-state index contributed by atoms with van der Waals surface area (Å²) in [5.41, 5.74) is 0.171. The first-order chi connectivity index (χ1) is 12.7. The predicted molar refractivity (Wildman–Crippen MR) is 96.3 cm³/mol. The van der Waals surface area contributed by atoms with E-state index in [2.05, 4.69) is 0 Å². The number of methoxy groups -OCH3 is 1. The molecule has 1 unspecified atom stereocenters. The number of carbonyl (C=O) groups is 3. The third-order valence-corrected chi connectivity index (χ3v) is 4.08. The standard InChI is InChI=1S/C19H26N2O6/c1-19(2,3)17(23)27-20-10-11-21(15(12-20)16(22)25-4)18(24)26-13-14-8-6-5-7-9-14/h5-9,15H,10-13H2,1-4H3. The lowest BCUT2D eigenvalue weighted by molar-refractivity contribution is -0.212. The Morgan fingerprint density at radius 2 is 1.78 bits per heavy atom. The van der Waals surface area contributed by atoms with Gasteiger partial charge in [0.25, 0.3) is 0 Å². The van der Waals surface area contributed by atoms with E-state index in [1.54, 1.807) is 20.8 Å². The maximum atomic E-state index is 12.5. The number of ether oxygens (including phenoxy) is 2. The van der Waals surface area contributed by atoms with Crippen LogP contribution in [0.1, 0.15) is 26.3 Å². The molecule has 1 aliphatic rings. The number of rotatable bonds is 4. The minimum Gasteiger partial charge on any atom is -0.467 e. The first kappa shape index (κ1) is 20.7. The summed E-state index contributed by atoms with van der Waals surface area (Å²) in [6.07, 6.45) is -0.615. The minimum atomic E-state index is -0.917. The molecule has 0 spiro atoms. The molecule has 1 atom stereocenters. The monoisotopic (exact) mass is 378 g/mol. The van der Waals surface area contributed by atoms with Crippen LogP contribution in [0.15, 0.2) is 30.3 Å². The van der Waals surface area contributed by atoms with E-state index in [-0.39, 0.29) is 26.2 Å². The Kier molecular flexibility index (Phi) is 6.79. The molecular formula is C19H26N2O6. The van der Waals surface area contributed by atoms with Crippen LogP contribution in [0.4, 0.5) is 4.79 Å². The first-order valence-electron chi connectivity index (χ1n) is 8.75. The van der Waals surface area contributed by atoms with E-state index in [0.717, 1.165) is 5.56 Å². The molecule has 148 valence electrons. The number of hydrogen-bond donors (Lipinski definition) is 0. The molecule has 1 saturated heterocycles. The zero-order valence-electron chi connectivity index (χ0n) is 16.1. The Balaban J connectivity index is 2.00. The number of esters is 1. The molecule has 1 aromatic carbocycles. The summed E-state index contributed by atoms with van der Waals surface area (Å²) in [4.78, 5) is 43.3. The molecule has 8 heteroatoms. The highest BCUT2D eigenvalue weighted by Gasteiger charge is 2.39. The second-order valence-corrected chi connectivity index (χ2v) is 7.29. The molecule has 1 amide bonds. The molecule has 1 fully saturated rings. The normalized spacial score (nSPS) is 17.9. The summed E-state index contributed by atoms with van der Waals surface area (Å²) in [6, 6.07) is 8.34. The average molecular weight is 378 g/mol. The quantitative estimate of drug-likeness (QED) is 0.741. The summed E-state index contributed by atoms with van der Waals surface area (Å²) in [6.45, 7) is 5.79. The van der Waals surface area contributed by atoms with E-state index >= 15 is 0 Å². The van der Waals surface area contributed by atoms with Crippen molar-refractivity contribution in [3.63, 3.8) is 0 Å². The Bertz CT molecular complexity index is 671. The van der Waals surface area contributed by atoms with Crippen LogP contribution in [-0.2, 0) is 30.5 Å². The Morgan fingerprint density at radius 1 is 1.11 bits per heavy atom. The highest BCUT2D eigenvalue weighted by atomic mass is 16.7. The van der Waals surface area contributed by atoms with Crippen molar-refractivity contribution in [1.82, 2.24) is 9.96 Å². The van der Waals surface area contributed by atoms with Crippen LogP contribution < -0.4 is 0 Å². The second kappa shape index (κ2) is 8.85. The summed E-state index contributed by atoms with van der Waals surface area (Å²) < 4.78 is 10.1. The lowest BCUT2D eigenvalue weighted by Gasteiger charge is -2.38. The van der Waals surface area contributed by atoms with E-state index in [9.17, 15) is 14.4 Å². The molecule has 1 aliphatic heterocycles. The van der Waals surface area contributed by atoms with Gasteiger partial charge in [-0.1, -0.05) is 30.3 Å². The van der Waals surface area contributed by atoms with Crippen LogP contribution >= 0.6 is 0 Å². The maximum Gasteiger partial charge on any atom is 0.410 e. The molecule has 27 heavy (non-hydrogen) atoms. The predicted octanol–water partition coefficient (Wildman–Crippen LogP) is 1.99. The fourth-order valence-corrected chi connectivity index (χ4v) is 2.45. The van der Waals surface area contributed by atoms with Gasteiger partial charge < -0.3 is 14.3 Å². The van der Waals surface area contributed by atoms with Crippen LogP contribution in [0.2, 0.25) is 0 Å². The molecule has 1 aromatic rings. The molecule has 0 aliphatic carbocycles. The Morgan fingerprint density at radius 3 is 2.37 bits per heavy atom. The summed E-state index contributed by atoms with van der Waals surface area (Å²) in [5, 5.41) is 1.39. The van der Waals surface area contributed by atoms with Gasteiger partial charge in [0, 0.05) is 6.54 Å². The van der Waals surface area contributed by atoms with Crippen molar-refractivity contribution in [2.75, 3.05) is 26.7 Å². The van der Waals surface area contributed by atoms with Gasteiger partial charge in [-0.15, -0.1) is 5.06 Å². The van der Waals surface area contributed by atoms with Crippen molar-refractivity contribution in [1.29, 1.82) is 0 Å². The van der Waals surface area contributed by atoms with Gasteiger partial charge in [-0.3, -0.25) is 4.90 Å². The van der Waals surface area contributed by atoms with Gasteiger partial charge in [-0.05, 0) is 26.3 Å². The van der Waals surface area contributed by atoms with Gasteiger partial charge in [0.15, 0.2) is 0 Å². The van der Waals surface area contributed by atoms with E-state index < -0.39 is 29.5 Å². The van der Waals surface area contributed by atoms with Gasteiger partial charge in [0.05, 0.1) is 25.6 Å². The number of carbonyl (C=O) groups excluding carboxylic acids is 3. The Labute approximate surface area is 158 Å². The van der Waals surface area contributed by atoms with Crippen LogP contribution in [-0.4, -0.2) is 60.8 Å². The van der Waals surface area contributed by atoms with Gasteiger partial charge in [-0.2, -0.15) is 0 Å². The maximum absolute atomic E-state index is 12.5. The SMILES string of the molecule is COC(=O)C1CN(OC(=O)C(C)(C)C)CCN1C(=O)OCc1ccccc1. The topological polar surface area (TPSA) is 85.4 Å². The zero-order chi connectivity index (χ0) is 20.0. The van der Waals surface area contributed by atoms with Crippen molar-refractivity contribution in [2.24, 2.45) is 5.41 Å². The number of benzene rings is 1. The molecule has 0 N–H and O–H groups in total. The van der Waals surface area contributed by atoms with E-state index in [1.807, 2.05) is 30.3 Å². The molecule has 1 heterocycles. The van der Waals surface area contributed by atoms with Crippen molar-refractivity contribution < 1.29 is 28.7 Å². The van der Waals surface area contributed by atoms with Crippen LogP contribution in [0.25, 0.3) is 0 Å². The number of amides is 1. The molecule has 0 radical (unpaired) electrons. The minimum absolute atomic E-state index is 0.0227.